The molecule has 0 spiro atoms. The topological polar surface area (TPSA) is 23.5 Å². The number of rotatable bonds is 8. The molecule has 16 heavy (non-hydrogen) atoms. The second-order valence-electron chi connectivity index (χ2n) is 4.79. The molecular formula is C13H27NOS. The first kappa shape index (κ1) is 14.3. The van der Waals surface area contributed by atoms with E-state index in [1.807, 2.05) is 0 Å². The molecule has 1 unspecified atom stereocenters. The van der Waals surface area contributed by atoms with Crippen LogP contribution in [0, 0.1) is 5.92 Å². The Morgan fingerprint density at radius 3 is 2.56 bits per heavy atom. The highest BCUT2D eigenvalue weighted by atomic mass is 32.2. The first-order valence-corrected chi connectivity index (χ1v) is 7.93. The Hall–Kier alpha value is 0.270. The van der Waals surface area contributed by atoms with Crippen molar-refractivity contribution < 1.29 is 5.11 Å². The number of nitrogens with zero attached hydrogens (tertiary/aromatic N) is 1. The van der Waals surface area contributed by atoms with Crippen LogP contribution in [0.3, 0.4) is 0 Å². The van der Waals surface area contributed by atoms with Crippen LogP contribution < -0.4 is 0 Å². The molecule has 1 atom stereocenters. The van der Waals surface area contributed by atoms with Crippen molar-refractivity contribution in [1.29, 1.82) is 0 Å². The van der Waals surface area contributed by atoms with Gasteiger partial charge >= 0.3 is 0 Å². The van der Waals surface area contributed by atoms with E-state index in [0.717, 1.165) is 0 Å². The number of hydrogen-bond acceptors (Lipinski definition) is 3. The zero-order valence-corrected chi connectivity index (χ0v) is 11.5. The Kier molecular flexibility index (Phi) is 8.34. The van der Waals surface area contributed by atoms with E-state index in [9.17, 15) is 5.11 Å². The Bertz CT molecular complexity index is 153. The lowest BCUT2D eigenvalue weighted by molar-refractivity contribution is 0.203. The van der Waals surface area contributed by atoms with E-state index in [0.29, 0.717) is 12.5 Å². The summed E-state index contributed by atoms with van der Waals surface area (Å²) in [6, 6.07) is 0. The minimum atomic E-state index is 0.383. The molecular weight excluding hydrogens is 218 g/mol. The van der Waals surface area contributed by atoms with Crippen molar-refractivity contribution >= 4 is 11.8 Å². The SMILES string of the molecule is CCCC(CO)CCCCN1CCSCC1. The summed E-state index contributed by atoms with van der Waals surface area (Å²) >= 11 is 2.08. The Labute approximate surface area is 105 Å². The molecule has 96 valence electrons. The number of unbranched alkanes of at least 4 members (excludes halogenated alkanes) is 1. The fourth-order valence-electron chi connectivity index (χ4n) is 2.33. The van der Waals surface area contributed by atoms with Gasteiger partial charge in [0, 0.05) is 31.2 Å². The zero-order chi connectivity index (χ0) is 11.6. The molecule has 1 aliphatic rings. The zero-order valence-electron chi connectivity index (χ0n) is 10.7. The lowest BCUT2D eigenvalue weighted by Crippen LogP contribution is -2.33. The lowest BCUT2D eigenvalue weighted by atomic mass is 9.98. The van der Waals surface area contributed by atoms with Crippen LogP contribution in [0.5, 0.6) is 0 Å². The number of aliphatic hydroxyl groups is 1. The van der Waals surface area contributed by atoms with E-state index in [4.69, 9.17) is 0 Å². The molecule has 0 aromatic carbocycles. The van der Waals surface area contributed by atoms with Gasteiger partial charge in [-0.05, 0) is 31.7 Å². The first-order valence-electron chi connectivity index (χ1n) is 6.77. The maximum atomic E-state index is 9.19. The monoisotopic (exact) mass is 245 g/mol. The van der Waals surface area contributed by atoms with Gasteiger partial charge in [-0.25, -0.2) is 0 Å². The minimum absolute atomic E-state index is 0.383. The smallest absolute Gasteiger partial charge is 0.0459 e. The van der Waals surface area contributed by atoms with Crippen LogP contribution in [0.25, 0.3) is 0 Å². The van der Waals surface area contributed by atoms with Crippen LogP contribution in [-0.2, 0) is 0 Å². The average molecular weight is 245 g/mol. The van der Waals surface area contributed by atoms with Gasteiger partial charge in [-0.15, -0.1) is 0 Å². The van der Waals surface area contributed by atoms with E-state index in [1.165, 1.54) is 63.2 Å². The van der Waals surface area contributed by atoms with Gasteiger partial charge in [-0.1, -0.05) is 19.8 Å². The molecule has 0 amide bonds. The van der Waals surface area contributed by atoms with Crippen molar-refractivity contribution in [3.63, 3.8) is 0 Å². The molecule has 0 aromatic heterocycles. The van der Waals surface area contributed by atoms with Gasteiger partial charge in [0.2, 0.25) is 0 Å². The fourth-order valence-corrected chi connectivity index (χ4v) is 3.31. The lowest BCUT2D eigenvalue weighted by Gasteiger charge is -2.26. The molecule has 1 rings (SSSR count). The average Bonchev–Trinajstić information content (AvgIpc) is 2.34. The van der Waals surface area contributed by atoms with Gasteiger partial charge in [0.25, 0.3) is 0 Å². The highest BCUT2D eigenvalue weighted by molar-refractivity contribution is 7.99. The third-order valence-corrected chi connectivity index (χ3v) is 4.34. The molecule has 1 N–H and O–H groups in total. The van der Waals surface area contributed by atoms with Gasteiger partial charge in [-0.3, -0.25) is 0 Å². The molecule has 0 saturated carbocycles. The molecule has 0 radical (unpaired) electrons. The molecule has 3 heteroatoms. The number of thioether (sulfide) groups is 1. The molecule has 1 fully saturated rings. The van der Waals surface area contributed by atoms with E-state index >= 15 is 0 Å². The predicted octanol–water partition coefficient (Wildman–Crippen LogP) is 2.61. The summed E-state index contributed by atoms with van der Waals surface area (Å²) < 4.78 is 0. The van der Waals surface area contributed by atoms with Crippen LogP contribution in [0.15, 0.2) is 0 Å². The molecule has 1 saturated heterocycles. The quantitative estimate of drug-likeness (QED) is 0.665. The van der Waals surface area contributed by atoms with E-state index < -0.39 is 0 Å². The van der Waals surface area contributed by atoms with Crippen LogP contribution >= 0.6 is 11.8 Å². The molecule has 0 aromatic rings. The minimum Gasteiger partial charge on any atom is -0.396 e. The van der Waals surface area contributed by atoms with Crippen LogP contribution in [-0.4, -0.2) is 47.8 Å². The Balaban J connectivity index is 1.97. The fraction of sp³-hybridized carbons (Fsp3) is 1.00. The van der Waals surface area contributed by atoms with Crippen molar-refractivity contribution in [2.45, 2.75) is 39.0 Å². The van der Waals surface area contributed by atoms with E-state index in [-0.39, 0.29) is 0 Å². The van der Waals surface area contributed by atoms with Gasteiger partial charge in [-0.2, -0.15) is 11.8 Å². The van der Waals surface area contributed by atoms with E-state index in [2.05, 4.69) is 23.6 Å². The highest BCUT2D eigenvalue weighted by Gasteiger charge is 2.10. The van der Waals surface area contributed by atoms with Gasteiger partial charge in [0.15, 0.2) is 0 Å². The third kappa shape index (κ3) is 6.12. The summed E-state index contributed by atoms with van der Waals surface area (Å²) in [6.07, 6.45) is 6.21. The second kappa shape index (κ2) is 9.32. The molecule has 1 aliphatic heterocycles. The molecule has 2 nitrogen and oxygen atoms in total. The molecule has 0 bridgehead atoms. The summed E-state index contributed by atoms with van der Waals surface area (Å²) in [5.74, 6) is 3.19. The Morgan fingerprint density at radius 2 is 1.94 bits per heavy atom. The maximum Gasteiger partial charge on any atom is 0.0459 e. The number of aliphatic hydroxyl groups excluding tert-OH is 1. The standard InChI is InChI=1S/C13H27NOS/c1-2-5-13(12-15)6-3-4-7-14-8-10-16-11-9-14/h13,15H,2-12H2,1H3. The molecule has 1 heterocycles. The van der Waals surface area contributed by atoms with Crippen molar-refractivity contribution in [2.24, 2.45) is 5.92 Å². The third-order valence-electron chi connectivity index (χ3n) is 3.40. The van der Waals surface area contributed by atoms with Gasteiger partial charge < -0.3 is 10.0 Å². The summed E-state index contributed by atoms with van der Waals surface area (Å²) in [6.45, 7) is 6.42. The van der Waals surface area contributed by atoms with Gasteiger partial charge in [0.1, 0.15) is 0 Å². The van der Waals surface area contributed by atoms with E-state index in [1.54, 1.807) is 0 Å². The normalized spacial score (nSPS) is 19.9. The predicted molar refractivity (Wildman–Crippen MR) is 73.1 cm³/mol. The Morgan fingerprint density at radius 1 is 1.19 bits per heavy atom. The van der Waals surface area contributed by atoms with Crippen molar-refractivity contribution in [2.75, 3.05) is 37.7 Å². The van der Waals surface area contributed by atoms with Crippen molar-refractivity contribution in [3.8, 4) is 0 Å². The summed E-state index contributed by atoms with van der Waals surface area (Å²) in [5, 5.41) is 9.19. The van der Waals surface area contributed by atoms with Crippen molar-refractivity contribution in [1.82, 2.24) is 4.90 Å². The highest BCUT2D eigenvalue weighted by Crippen LogP contribution is 2.15. The summed E-state index contributed by atoms with van der Waals surface area (Å²) in [5.41, 5.74) is 0. The van der Waals surface area contributed by atoms with Crippen LogP contribution in [0.4, 0.5) is 0 Å². The second-order valence-corrected chi connectivity index (χ2v) is 6.01. The molecule has 0 aliphatic carbocycles. The summed E-state index contributed by atoms with van der Waals surface area (Å²) in [7, 11) is 0. The van der Waals surface area contributed by atoms with Crippen LogP contribution in [0.1, 0.15) is 39.0 Å². The summed E-state index contributed by atoms with van der Waals surface area (Å²) in [4.78, 5) is 2.59. The van der Waals surface area contributed by atoms with Crippen molar-refractivity contribution in [3.05, 3.63) is 0 Å². The van der Waals surface area contributed by atoms with Crippen LogP contribution in [0.2, 0.25) is 0 Å². The maximum absolute atomic E-state index is 9.19. The van der Waals surface area contributed by atoms with Gasteiger partial charge in [0.05, 0.1) is 0 Å². The first-order chi connectivity index (χ1) is 7.86. The largest absolute Gasteiger partial charge is 0.396 e. The number of hydrogen-bond donors (Lipinski definition) is 1.